The smallest absolute Gasteiger partial charge is 0.329 e. The molecule has 0 atom stereocenters. The first-order valence-electron chi connectivity index (χ1n) is 5.31. The van der Waals surface area contributed by atoms with Crippen molar-refractivity contribution in [2.75, 3.05) is 6.54 Å². The van der Waals surface area contributed by atoms with E-state index in [0.717, 1.165) is 6.42 Å². The van der Waals surface area contributed by atoms with Crippen LogP contribution in [-0.4, -0.2) is 35.0 Å². The van der Waals surface area contributed by atoms with E-state index in [-0.39, 0.29) is 12.5 Å². The van der Waals surface area contributed by atoms with E-state index in [2.05, 4.69) is 10.6 Å². The number of amides is 2. The van der Waals surface area contributed by atoms with Gasteiger partial charge in [0.2, 0.25) is 11.8 Å². The van der Waals surface area contributed by atoms with E-state index < -0.39 is 17.4 Å². The molecule has 0 aromatic carbocycles. The molecule has 0 aromatic rings. The first-order chi connectivity index (χ1) is 7.50. The number of carboxylic acids is 1. The molecule has 0 unspecified atom stereocenters. The van der Waals surface area contributed by atoms with E-state index in [9.17, 15) is 14.4 Å². The number of carbonyl (C=O) groups is 3. The third-order valence-corrected chi connectivity index (χ3v) is 2.76. The fourth-order valence-electron chi connectivity index (χ4n) is 1.54. The van der Waals surface area contributed by atoms with E-state index in [0.29, 0.717) is 19.3 Å². The molecule has 1 aliphatic rings. The zero-order chi connectivity index (χ0) is 12.2. The van der Waals surface area contributed by atoms with Gasteiger partial charge in [-0.15, -0.1) is 0 Å². The van der Waals surface area contributed by atoms with Gasteiger partial charge in [0.15, 0.2) is 0 Å². The van der Waals surface area contributed by atoms with Gasteiger partial charge in [0.1, 0.15) is 5.54 Å². The molecule has 1 rings (SSSR count). The van der Waals surface area contributed by atoms with Gasteiger partial charge in [-0.3, -0.25) is 9.59 Å². The van der Waals surface area contributed by atoms with Crippen molar-refractivity contribution in [2.45, 2.75) is 38.1 Å². The number of hydrogen-bond donors (Lipinski definition) is 3. The highest BCUT2D eigenvalue weighted by atomic mass is 16.4. The number of rotatable bonds is 5. The van der Waals surface area contributed by atoms with Crippen molar-refractivity contribution < 1.29 is 19.5 Å². The summed E-state index contributed by atoms with van der Waals surface area (Å²) in [5.41, 5.74) is -1.10. The van der Waals surface area contributed by atoms with Crippen LogP contribution in [0.3, 0.4) is 0 Å². The van der Waals surface area contributed by atoms with Crippen molar-refractivity contribution in [1.29, 1.82) is 0 Å². The Balaban J connectivity index is 2.39. The minimum Gasteiger partial charge on any atom is -0.480 e. The molecule has 0 bridgehead atoms. The van der Waals surface area contributed by atoms with Crippen LogP contribution in [0, 0.1) is 0 Å². The third-order valence-electron chi connectivity index (χ3n) is 2.76. The van der Waals surface area contributed by atoms with E-state index in [1.165, 1.54) is 0 Å². The Morgan fingerprint density at radius 1 is 1.25 bits per heavy atom. The van der Waals surface area contributed by atoms with Gasteiger partial charge in [-0.2, -0.15) is 0 Å². The molecule has 0 spiro atoms. The first kappa shape index (κ1) is 12.5. The normalized spacial score (nSPS) is 17.1. The fraction of sp³-hybridized carbons (Fsp3) is 0.700. The van der Waals surface area contributed by atoms with Crippen LogP contribution in [0.5, 0.6) is 0 Å². The zero-order valence-electron chi connectivity index (χ0n) is 9.21. The van der Waals surface area contributed by atoms with Crippen molar-refractivity contribution in [3.05, 3.63) is 0 Å². The molecule has 1 saturated carbocycles. The van der Waals surface area contributed by atoms with Crippen LogP contribution in [-0.2, 0) is 14.4 Å². The maximum absolute atomic E-state index is 11.4. The zero-order valence-corrected chi connectivity index (χ0v) is 9.21. The van der Waals surface area contributed by atoms with Gasteiger partial charge in [0.25, 0.3) is 0 Å². The molecule has 1 fully saturated rings. The lowest BCUT2D eigenvalue weighted by molar-refractivity contribution is -0.151. The predicted octanol–water partition coefficient (Wildman–Crippen LogP) is -0.364. The number of hydrogen-bond acceptors (Lipinski definition) is 3. The summed E-state index contributed by atoms with van der Waals surface area (Å²) in [7, 11) is 0. The number of nitrogens with one attached hydrogen (secondary N) is 2. The molecule has 0 saturated heterocycles. The third kappa shape index (κ3) is 2.71. The average molecular weight is 228 g/mol. The second-order valence-corrected chi connectivity index (χ2v) is 3.92. The molecular weight excluding hydrogens is 212 g/mol. The summed E-state index contributed by atoms with van der Waals surface area (Å²) >= 11 is 0. The predicted molar refractivity (Wildman–Crippen MR) is 55.7 cm³/mol. The summed E-state index contributed by atoms with van der Waals surface area (Å²) in [4.78, 5) is 33.2. The first-order valence-corrected chi connectivity index (χ1v) is 5.31. The summed E-state index contributed by atoms with van der Waals surface area (Å²) < 4.78 is 0. The molecule has 6 heteroatoms. The van der Waals surface area contributed by atoms with Crippen molar-refractivity contribution in [3.63, 3.8) is 0 Å². The van der Waals surface area contributed by atoms with Crippen molar-refractivity contribution in [3.8, 4) is 0 Å². The summed E-state index contributed by atoms with van der Waals surface area (Å²) in [5, 5.41) is 13.8. The van der Waals surface area contributed by atoms with Crippen LogP contribution < -0.4 is 10.6 Å². The van der Waals surface area contributed by atoms with Crippen LogP contribution in [0.15, 0.2) is 0 Å². The fourth-order valence-corrected chi connectivity index (χ4v) is 1.54. The average Bonchev–Trinajstić information content (AvgIpc) is 2.19. The summed E-state index contributed by atoms with van der Waals surface area (Å²) in [6.07, 6.45) is 2.01. The molecule has 0 heterocycles. The van der Waals surface area contributed by atoms with Gasteiger partial charge in [0.05, 0.1) is 6.54 Å². The maximum atomic E-state index is 11.4. The molecule has 1 aliphatic carbocycles. The minimum atomic E-state index is -1.10. The van der Waals surface area contributed by atoms with Crippen LogP contribution in [0.2, 0.25) is 0 Å². The molecule has 2 amide bonds. The number of carboxylic acid groups (broad SMARTS) is 1. The Labute approximate surface area is 93.4 Å². The van der Waals surface area contributed by atoms with Gasteiger partial charge >= 0.3 is 5.97 Å². The molecule has 16 heavy (non-hydrogen) atoms. The standard InChI is InChI=1S/C10H16N2O4/c1-2-7(13)11-6-8(14)12-10(9(15)16)4-3-5-10/h2-6H2,1H3,(H,11,13)(H,12,14)(H,15,16). The van der Waals surface area contributed by atoms with E-state index >= 15 is 0 Å². The Morgan fingerprint density at radius 3 is 2.25 bits per heavy atom. The van der Waals surface area contributed by atoms with Gasteiger partial charge in [0, 0.05) is 6.42 Å². The summed E-state index contributed by atoms with van der Waals surface area (Å²) in [6, 6.07) is 0. The quantitative estimate of drug-likeness (QED) is 0.598. The van der Waals surface area contributed by atoms with Crippen LogP contribution in [0.25, 0.3) is 0 Å². The Morgan fingerprint density at radius 2 is 1.88 bits per heavy atom. The van der Waals surface area contributed by atoms with Crippen LogP contribution >= 0.6 is 0 Å². The lowest BCUT2D eigenvalue weighted by atomic mass is 9.77. The highest BCUT2D eigenvalue weighted by molar-refractivity contribution is 5.90. The molecule has 6 nitrogen and oxygen atoms in total. The monoisotopic (exact) mass is 228 g/mol. The molecule has 0 aliphatic heterocycles. The Kier molecular flexibility index (Phi) is 3.87. The summed E-state index contributed by atoms with van der Waals surface area (Å²) in [6.45, 7) is 1.51. The van der Waals surface area contributed by atoms with Crippen molar-refractivity contribution in [1.82, 2.24) is 10.6 Å². The van der Waals surface area contributed by atoms with Gasteiger partial charge in [-0.25, -0.2) is 4.79 Å². The lowest BCUT2D eigenvalue weighted by Crippen LogP contribution is -2.60. The van der Waals surface area contributed by atoms with Gasteiger partial charge in [-0.05, 0) is 19.3 Å². The molecule has 0 aromatic heterocycles. The topological polar surface area (TPSA) is 95.5 Å². The molecule has 0 radical (unpaired) electrons. The van der Waals surface area contributed by atoms with Gasteiger partial charge in [-0.1, -0.05) is 6.92 Å². The second kappa shape index (κ2) is 4.96. The highest BCUT2D eigenvalue weighted by Gasteiger charge is 2.45. The Bertz CT molecular complexity index is 310. The number of carbonyl (C=O) groups excluding carboxylic acids is 2. The van der Waals surface area contributed by atoms with Gasteiger partial charge < -0.3 is 15.7 Å². The van der Waals surface area contributed by atoms with E-state index in [1.54, 1.807) is 6.92 Å². The molecular formula is C10H16N2O4. The highest BCUT2D eigenvalue weighted by Crippen LogP contribution is 2.31. The van der Waals surface area contributed by atoms with E-state index in [4.69, 9.17) is 5.11 Å². The molecule has 90 valence electrons. The lowest BCUT2D eigenvalue weighted by Gasteiger charge is -2.38. The van der Waals surface area contributed by atoms with Crippen LogP contribution in [0.4, 0.5) is 0 Å². The second-order valence-electron chi connectivity index (χ2n) is 3.92. The molecule has 3 N–H and O–H groups in total. The Hall–Kier alpha value is -1.59. The minimum absolute atomic E-state index is 0.165. The van der Waals surface area contributed by atoms with Crippen molar-refractivity contribution in [2.24, 2.45) is 0 Å². The SMILES string of the molecule is CCC(=O)NCC(=O)NC1(C(=O)O)CCC1. The largest absolute Gasteiger partial charge is 0.480 e. The van der Waals surface area contributed by atoms with E-state index in [1.807, 2.05) is 0 Å². The summed E-state index contributed by atoms with van der Waals surface area (Å²) in [5.74, 6) is -1.69. The van der Waals surface area contributed by atoms with Crippen LogP contribution in [0.1, 0.15) is 32.6 Å². The maximum Gasteiger partial charge on any atom is 0.329 e. The van der Waals surface area contributed by atoms with Crippen molar-refractivity contribution >= 4 is 17.8 Å². The number of aliphatic carboxylic acids is 1.